The van der Waals surface area contributed by atoms with Crippen molar-refractivity contribution in [3.8, 4) is 0 Å². The minimum Gasteiger partial charge on any atom is -0.388 e. The molecule has 0 aliphatic heterocycles. The normalized spacial score (nSPS) is 18.3. The number of nitrogens with zero attached hydrogens (tertiary/aromatic N) is 2. The summed E-state index contributed by atoms with van der Waals surface area (Å²) in [6.45, 7) is 4.58. The SMILES string of the molecule is CC(C)c1nc(Cl)cc(NCC2(O)CCCC2)n1. The molecule has 1 heterocycles. The van der Waals surface area contributed by atoms with Crippen LogP contribution in [0.5, 0.6) is 0 Å². The van der Waals surface area contributed by atoms with Gasteiger partial charge in [0.15, 0.2) is 0 Å². The minimum atomic E-state index is -0.588. The summed E-state index contributed by atoms with van der Waals surface area (Å²) in [7, 11) is 0. The van der Waals surface area contributed by atoms with Gasteiger partial charge in [0, 0.05) is 18.5 Å². The second-order valence-electron chi connectivity index (χ2n) is 5.37. The highest BCUT2D eigenvalue weighted by Crippen LogP contribution is 2.29. The fraction of sp³-hybridized carbons (Fsp3) is 0.692. The van der Waals surface area contributed by atoms with Crippen molar-refractivity contribution in [2.45, 2.75) is 51.0 Å². The molecule has 0 unspecified atom stereocenters. The van der Waals surface area contributed by atoms with Crippen molar-refractivity contribution < 1.29 is 5.11 Å². The Bertz CT molecular complexity index is 417. The number of hydrogen-bond donors (Lipinski definition) is 2. The number of aromatic nitrogens is 2. The fourth-order valence-corrected chi connectivity index (χ4v) is 2.44. The summed E-state index contributed by atoms with van der Waals surface area (Å²) in [6, 6.07) is 1.70. The van der Waals surface area contributed by atoms with Crippen molar-refractivity contribution in [3.63, 3.8) is 0 Å². The molecule has 0 amide bonds. The lowest BCUT2D eigenvalue weighted by molar-refractivity contribution is 0.0614. The van der Waals surface area contributed by atoms with Crippen LogP contribution in [-0.4, -0.2) is 27.2 Å². The molecule has 2 N–H and O–H groups in total. The number of anilines is 1. The van der Waals surface area contributed by atoms with Crippen LogP contribution in [0.25, 0.3) is 0 Å². The Balaban J connectivity index is 2.04. The van der Waals surface area contributed by atoms with E-state index in [0.29, 0.717) is 17.5 Å². The molecule has 18 heavy (non-hydrogen) atoms. The summed E-state index contributed by atoms with van der Waals surface area (Å²) in [4.78, 5) is 8.59. The van der Waals surface area contributed by atoms with Crippen molar-refractivity contribution in [1.29, 1.82) is 0 Å². The summed E-state index contributed by atoms with van der Waals surface area (Å²) >= 11 is 5.97. The molecule has 1 saturated carbocycles. The van der Waals surface area contributed by atoms with Gasteiger partial charge >= 0.3 is 0 Å². The van der Waals surface area contributed by atoms with Gasteiger partial charge in [-0.1, -0.05) is 38.3 Å². The third kappa shape index (κ3) is 3.33. The summed E-state index contributed by atoms with van der Waals surface area (Å²) in [6.07, 6.45) is 3.91. The summed E-state index contributed by atoms with van der Waals surface area (Å²) in [5.41, 5.74) is -0.588. The van der Waals surface area contributed by atoms with Crippen molar-refractivity contribution in [1.82, 2.24) is 9.97 Å². The van der Waals surface area contributed by atoms with Crippen LogP contribution in [0.3, 0.4) is 0 Å². The minimum absolute atomic E-state index is 0.235. The Hall–Kier alpha value is -0.870. The first-order valence-corrected chi connectivity index (χ1v) is 6.87. The lowest BCUT2D eigenvalue weighted by Crippen LogP contribution is -2.33. The maximum absolute atomic E-state index is 10.3. The Morgan fingerprint density at radius 3 is 2.67 bits per heavy atom. The first-order chi connectivity index (χ1) is 8.48. The molecule has 100 valence electrons. The highest BCUT2D eigenvalue weighted by atomic mass is 35.5. The molecule has 0 bridgehead atoms. The van der Waals surface area contributed by atoms with Gasteiger partial charge in [-0.05, 0) is 12.8 Å². The van der Waals surface area contributed by atoms with Crippen LogP contribution in [0.4, 0.5) is 5.82 Å². The predicted molar refractivity (Wildman–Crippen MR) is 73.0 cm³/mol. The van der Waals surface area contributed by atoms with Crippen LogP contribution < -0.4 is 5.32 Å². The third-order valence-electron chi connectivity index (χ3n) is 3.36. The van der Waals surface area contributed by atoms with Gasteiger partial charge in [-0.3, -0.25) is 0 Å². The van der Waals surface area contributed by atoms with Crippen molar-refractivity contribution >= 4 is 17.4 Å². The number of halogens is 1. The molecule has 1 aliphatic rings. The number of hydrogen-bond acceptors (Lipinski definition) is 4. The number of rotatable bonds is 4. The van der Waals surface area contributed by atoms with Crippen LogP contribution in [-0.2, 0) is 0 Å². The molecule has 0 radical (unpaired) electrons. The quantitative estimate of drug-likeness (QED) is 0.825. The van der Waals surface area contributed by atoms with Gasteiger partial charge in [0.2, 0.25) is 0 Å². The molecule has 5 heteroatoms. The van der Waals surface area contributed by atoms with Crippen LogP contribution in [0.2, 0.25) is 5.15 Å². The molecule has 1 aliphatic carbocycles. The van der Waals surface area contributed by atoms with Crippen LogP contribution in [0.15, 0.2) is 6.07 Å². The third-order valence-corrected chi connectivity index (χ3v) is 3.56. The molecular weight excluding hydrogens is 250 g/mol. The second kappa shape index (κ2) is 5.41. The zero-order valence-electron chi connectivity index (χ0n) is 10.9. The Kier molecular flexibility index (Phi) is 4.07. The van der Waals surface area contributed by atoms with Crippen LogP contribution in [0, 0.1) is 0 Å². The smallest absolute Gasteiger partial charge is 0.135 e. The summed E-state index contributed by atoms with van der Waals surface area (Å²) in [5, 5.41) is 13.9. The van der Waals surface area contributed by atoms with Crippen LogP contribution >= 0.6 is 11.6 Å². The van der Waals surface area contributed by atoms with E-state index >= 15 is 0 Å². The molecule has 0 spiro atoms. The van der Waals surface area contributed by atoms with Gasteiger partial charge in [-0.2, -0.15) is 0 Å². The van der Waals surface area contributed by atoms with E-state index < -0.39 is 5.60 Å². The maximum Gasteiger partial charge on any atom is 0.135 e. The summed E-state index contributed by atoms with van der Waals surface area (Å²) < 4.78 is 0. The Morgan fingerprint density at radius 1 is 1.39 bits per heavy atom. The lowest BCUT2D eigenvalue weighted by Gasteiger charge is -2.22. The lowest BCUT2D eigenvalue weighted by atomic mass is 10.0. The van der Waals surface area contributed by atoms with E-state index in [1.54, 1.807) is 6.07 Å². The van der Waals surface area contributed by atoms with E-state index in [1.165, 1.54) is 0 Å². The zero-order chi connectivity index (χ0) is 13.2. The van der Waals surface area contributed by atoms with Crippen molar-refractivity contribution in [2.75, 3.05) is 11.9 Å². The average molecular weight is 270 g/mol. The van der Waals surface area contributed by atoms with Gasteiger partial charge in [-0.15, -0.1) is 0 Å². The van der Waals surface area contributed by atoms with E-state index in [1.807, 2.05) is 13.8 Å². The van der Waals surface area contributed by atoms with Gasteiger partial charge in [-0.25, -0.2) is 9.97 Å². The van der Waals surface area contributed by atoms with Gasteiger partial charge in [0.1, 0.15) is 16.8 Å². The molecular formula is C13H20ClN3O. The molecule has 1 aromatic heterocycles. The zero-order valence-corrected chi connectivity index (χ0v) is 11.7. The molecule has 1 fully saturated rings. The van der Waals surface area contributed by atoms with E-state index in [-0.39, 0.29) is 5.92 Å². The molecule has 2 rings (SSSR count). The first-order valence-electron chi connectivity index (χ1n) is 6.49. The predicted octanol–water partition coefficient (Wildman–Crippen LogP) is 2.97. The topological polar surface area (TPSA) is 58.0 Å². The second-order valence-corrected chi connectivity index (χ2v) is 5.76. The monoisotopic (exact) mass is 269 g/mol. The number of aliphatic hydroxyl groups is 1. The van der Waals surface area contributed by atoms with E-state index in [0.717, 1.165) is 31.5 Å². The van der Waals surface area contributed by atoms with Crippen molar-refractivity contribution in [3.05, 3.63) is 17.0 Å². The van der Waals surface area contributed by atoms with Gasteiger partial charge in [0.25, 0.3) is 0 Å². The standard InChI is InChI=1S/C13H20ClN3O/c1-9(2)12-16-10(14)7-11(17-12)15-8-13(18)5-3-4-6-13/h7,9,18H,3-6,8H2,1-2H3,(H,15,16,17). The maximum atomic E-state index is 10.3. The molecule has 1 aromatic rings. The van der Waals surface area contributed by atoms with Crippen molar-refractivity contribution in [2.24, 2.45) is 0 Å². The Labute approximate surface area is 113 Å². The first kappa shape index (κ1) is 13.6. The van der Waals surface area contributed by atoms with E-state index in [9.17, 15) is 5.11 Å². The molecule has 0 aromatic carbocycles. The van der Waals surface area contributed by atoms with Crippen LogP contribution in [0.1, 0.15) is 51.3 Å². The largest absolute Gasteiger partial charge is 0.388 e. The fourth-order valence-electron chi connectivity index (χ4n) is 2.25. The van der Waals surface area contributed by atoms with E-state index in [4.69, 9.17) is 11.6 Å². The number of nitrogens with one attached hydrogen (secondary N) is 1. The van der Waals surface area contributed by atoms with E-state index in [2.05, 4.69) is 15.3 Å². The average Bonchev–Trinajstić information content (AvgIpc) is 2.73. The Morgan fingerprint density at radius 2 is 2.06 bits per heavy atom. The molecule has 4 nitrogen and oxygen atoms in total. The molecule has 0 saturated heterocycles. The highest BCUT2D eigenvalue weighted by molar-refractivity contribution is 6.29. The highest BCUT2D eigenvalue weighted by Gasteiger charge is 2.30. The summed E-state index contributed by atoms with van der Waals surface area (Å²) in [5.74, 6) is 1.65. The van der Waals surface area contributed by atoms with Gasteiger partial charge in [0.05, 0.1) is 5.60 Å². The molecule has 0 atom stereocenters. The van der Waals surface area contributed by atoms with Gasteiger partial charge < -0.3 is 10.4 Å².